The van der Waals surface area contributed by atoms with Crippen molar-refractivity contribution >= 4 is 43.4 Å². The van der Waals surface area contributed by atoms with Gasteiger partial charge in [-0.05, 0) is 136 Å². The monoisotopic (exact) mass is 887 g/mol. The van der Waals surface area contributed by atoms with Gasteiger partial charge in [0.1, 0.15) is 0 Å². The van der Waals surface area contributed by atoms with Crippen molar-refractivity contribution in [1.82, 2.24) is 4.57 Å². The maximum atomic E-state index is 2.50. The number of hydrogen-bond donors (Lipinski definition) is 0. The van der Waals surface area contributed by atoms with E-state index in [0.717, 1.165) is 5.69 Å². The van der Waals surface area contributed by atoms with Crippen molar-refractivity contribution in [3.63, 3.8) is 0 Å². The predicted molar refractivity (Wildman–Crippen MR) is 295 cm³/mol. The van der Waals surface area contributed by atoms with E-state index >= 15 is 0 Å². The number of aromatic nitrogens is 1. The third-order valence-corrected chi connectivity index (χ3v) is 15.1. The molecule has 0 N–H and O–H groups in total. The summed E-state index contributed by atoms with van der Waals surface area (Å²) < 4.78 is 2.50. The minimum atomic E-state index is -0.500. The second kappa shape index (κ2) is 16.0. The van der Waals surface area contributed by atoms with Crippen LogP contribution in [0.1, 0.15) is 22.3 Å². The molecule has 1 heteroatoms. The minimum Gasteiger partial charge on any atom is -0.309 e. The highest BCUT2D eigenvalue weighted by Crippen LogP contribution is 2.56. The van der Waals surface area contributed by atoms with Crippen LogP contribution >= 0.6 is 0 Å². The van der Waals surface area contributed by atoms with Gasteiger partial charge in [0.25, 0.3) is 0 Å². The third kappa shape index (κ3) is 6.18. The van der Waals surface area contributed by atoms with Gasteiger partial charge in [0.05, 0.1) is 16.4 Å². The van der Waals surface area contributed by atoms with E-state index in [2.05, 4.69) is 278 Å². The molecule has 1 aliphatic carbocycles. The molecule has 1 nitrogen and oxygen atoms in total. The molecule has 13 aromatic rings. The Balaban J connectivity index is 0.950. The van der Waals surface area contributed by atoms with Crippen molar-refractivity contribution in [3.8, 4) is 61.3 Å². The second-order valence-electron chi connectivity index (χ2n) is 18.8. The van der Waals surface area contributed by atoms with Crippen LogP contribution in [0.4, 0.5) is 0 Å². The van der Waals surface area contributed by atoms with Gasteiger partial charge in [-0.25, -0.2) is 0 Å². The molecule has 0 atom stereocenters. The molecule has 0 bridgehead atoms. The first kappa shape index (κ1) is 40.1. The van der Waals surface area contributed by atoms with Crippen LogP contribution in [0.25, 0.3) is 105 Å². The highest BCUT2D eigenvalue weighted by Gasteiger charge is 2.46. The average molecular weight is 888 g/mol. The molecule has 0 amide bonds. The van der Waals surface area contributed by atoms with Gasteiger partial charge in [-0.15, -0.1) is 0 Å². The Morgan fingerprint density at radius 1 is 0.243 bits per heavy atom. The normalized spacial score (nSPS) is 12.7. The van der Waals surface area contributed by atoms with Gasteiger partial charge in [0, 0.05) is 16.5 Å². The first-order valence-corrected chi connectivity index (χ1v) is 24.3. The number of benzene rings is 12. The Bertz CT molecular complexity index is 3910. The summed E-state index contributed by atoms with van der Waals surface area (Å²) in [6.45, 7) is 0. The summed E-state index contributed by atoms with van der Waals surface area (Å²) in [6.07, 6.45) is 0. The topological polar surface area (TPSA) is 4.93 Å². The lowest BCUT2D eigenvalue weighted by Gasteiger charge is -2.34. The number of nitrogens with zero attached hydrogens (tertiary/aromatic N) is 1. The smallest absolute Gasteiger partial charge is 0.0714 e. The van der Waals surface area contributed by atoms with E-state index in [-0.39, 0.29) is 0 Å². The van der Waals surface area contributed by atoms with Gasteiger partial charge in [-0.2, -0.15) is 0 Å². The standard InChI is InChI=1S/C69H45N/c1-3-19-54(20-4-1)69(55-21-5-2-6-22-55)65-28-12-11-25-61(65)62-40-39-56(45-66(62)69)70-67-41-37-52(46-29-33-50(34-30-46)59-26-13-17-48-15-7-9-23-57(48)59)43-63(67)64-44-53(38-42-68(64)70)47-31-35-51(36-32-47)60-27-14-18-49-16-8-10-24-58(49)60/h1-45H. The third-order valence-electron chi connectivity index (χ3n) is 15.1. The molecule has 0 saturated carbocycles. The molecule has 326 valence electrons. The Hall–Kier alpha value is -9.04. The van der Waals surface area contributed by atoms with Gasteiger partial charge in [-0.3, -0.25) is 0 Å². The van der Waals surface area contributed by atoms with Crippen molar-refractivity contribution in [2.45, 2.75) is 5.41 Å². The van der Waals surface area contributed by atoms with Crippen LogP contribution in [0, 0.1) is 0 Å². The lowest BCUT2D eigenvalue weighted by molar-refractivity contribution is 0.767. The zero-order chi connectivity index (χ0) is 46.2. The van der Waals surface area contributed by atoms with E-state index < -0.39 is 5.41 Å². The van der Waals surface area contributed by atoms with Gasteiger partial charge in [0.15, 0.2) is 0 Å². The lowest BCUT2D eigenvalue weighted by atomic mass is 9.67. The Morgan fingerprint density at radius 3 is 1.20 bits per heavy atom. The highest BCUT2D eigenvalue weighted by atomic mass is 15.0. The Morgan fingerprint density at radius 2 is 0.657 bits per heavy atom. The molecule has 1 aliphatic rings. The summed E-state index contributed by atoms with van der Waals surface area (Å²) in [5.41, 5.74) is 20.4. The molecular weight excluding hydrogens is 843 g/mol. The van der Waals surface area contributed by atoms with Crippen molar-refractivity contribution < 1.29 is 0 Å². The van der Waals surface area contributed by atoms with Crippen LogP contribution in [0.15, 0.2) is 273 Å². The van der Waals surface area contributed by atoms with Crippen molar-refractivity contribution in [3.05, 3.63) is 295 Å². The van der Waals surface area contributed by atoms with E-state index in [1.807, 2.05) is 0 Å². The first-order chi connectivity index (χ1) is 34.7. The van der Waals surface area contributed by atoms with Gasteiger partial charge >= 0.3 is 0 Å². The van der Waals surface area contributed by atoms with Crippen LogP contribution in [-0.4, -0.2) is 4.57 Å². The zero-order valence-electron chi connectivity index (χ0n) is 38.4. The number of rotatable bonds is 7. The summed E-state index contributed by atoms with van der Waals surface area (Å²) in [4.78, 5) is 0. The van der Waals surface area contributed by atoms with Crippen molar-refractivity contribution in [2.24, 2.45) is 0 Å². The second-order valence-corrected chi connectivity index (χ2v) is 18.8. The molecular formula is C69H45N. The maximum Gasteiger partial charge on any atom is 0.0714 e. The largest absolute Gasteiger partial charge is 0.309 e. The minimum absolute atomic E-state index is 0.500. The van der Waals surface area contributed by atoms with Gasteiger partial charge < -0.3 is 4.57 Å². The molecule has 0 unspecified atom stereocenters. The van der Waals surface area contributed by atoms with Gasteiger partial charge in [0.2, 0.25) is 0 Å². The molecule has 1 aromatic heterocycles. The molecule has 0 fully saturated rings. The molecule has 0 spiro atoms. The van der Waals surface area contributed by atoms with Crippen molar-refractivity contribution in [2.75, 3.05) is 0 Å². The van der Waals surface area contributed by atoms with E-state index in [1.54, 1.807) is 0 Å². The van der Waals surface area contributed by atoms with E-state index in [9.17, 15) is 0 Å². The van der Waals surface area contributed by atoms with E-state index in [0.29, 0.717) is 0 Å². The molecule has 0 radical (unpaired) electrons. The van der Waals surface area contributed by atoms with Crippen LogP contribution in [0.3, 0.4) is 0 Å². The van der Waals surface area contributed by atoms with Gasteiger partial charge in [-0.1, -0.05) is 237 Å². The summed E-state index contributed by atoms with van der Waals surface area (Å²) in [5, 5.41) is 7.49. The fourth-order valence-corrected chi connectivity index (χ4v) is 11.9. The number of fused-ring (bicyclic) bond motifs is 8. The molecule has 14 rings (SSSR count). The molecule has 0 saturated heterocycles. The fraction of sp³-hybridized carbons (Fsp3) is 0.0145. The first-order valence-electron chi connectivity index (χ1n) is 24.3. The zero-order valence-corrected chi connectivity index (χ0v) is 38.4. The summed E-state index contributed by atoms with van der Waals surface area (Å²) >= 11 is 0. The van der Waals surface area contributed by atoms with E-state index in [4.69, 9.17) is 0 Å². The lowest BCUT2D eigenvalue weighted by Crippen LogP contribution is -2.28. The molecule has 1 heterocycles. The number of hydrogen-bond acceptors (Lipinski definition) is 0. The van der Waals surface area contributed by atoms with Crippen molar-refractivity contribution in [1.29, 1.82) is 0 Å². The van der Waals surface area contributed by atoms with Crippen LogP contribution in [0.5, 0.6) is 0 Å². The molecule has 70 heavy (non-hydrogen) atoms. The van der Waals surface area contributed by atoms with Crippen LogP contribution in [0.2, 0.25) is 0 Å². The Labute approximate surface area is 407 Å². The average Bonchev–Trinajstić information content (AvgIpc) is 3.93. The molecule has 12 aromatic carbocycles. The summed E-state index contributed by atoms with van der Waals surface area (Å²) in [6, 6.07) is 101. The molecule has 0 aliphatic heterocycles. The predicted octanol–water partition coefficient (Wildman–Crippen LogP) is 18.1. The van der Waals surface area contributed by atoms with E-state index in [1.165, 1.54) is 121 Å². The van der Waals surface area contributed by atoms with Crippen LogP contribution < -0.4 is 0 Å². The quantitative estimate of drug-likeness (QED) is 0.150. The summed E-state index contributed by atoms with van der Waals surface area (Å²) in [5.74, 6) is 0. The Kier molecular flexibility index (Phi) is 9.19. The SMILES string of the molecule is c1ccc(C2(c3ccccc3)c3ccccc3-c3ccc(-n4c5ccc(-c6ccc(-c7cccc8ccccc78)cc6)cc5c5cc(-c6ccc(-c7cccc8ccccc78)cc6)ccc54)cc32)cc1. The highest BCUT2D eigenvalue weighted by molar-refractivity contribution is 6.12. The van der Waals surface area contributed by atoms with Crippen LogP contribution in [-0.2, 0) is 5.41 Å². The maximum absolute atomic E-state index is 2.50. The fourth-order valence-electron chi connectivity index (χ4n) is 11.9. The summed E-state index contributed by atoms with van der Waals surface area (Å²) in [7, 11) is 0.